The molecular formula is C13H17N3O3S. The third-order valence-electron chi connectivity index (χ3n) is 3.18. The largest absolute Gasteiger partial charge is 0.350 e. The van der Waals surface area contributed by atoms with Gasteiger partial charge in [-0.25, -0.2) is 8.42 Å². The highest BCUT2D eigenvalue weighted by Crippen LogP contribution is 2.14. The predicted octanol–water partition coefficient (Wildman–Crippen LogP) is 0.444. The molecule has 1 aliphatic heterocycles. The van der Waals surface area contributed by atoms with Crippen molar-refractivity contribution in [3.8, 4) is 0 Å². The average Bonchev–Trinajstić information content (AvgIpc) is 2.83. The monoisotopic (exact) mass is 295 g/mol. The number of hydrogen-bond acceptors (Lipinski definition) is 5. The minimum absolute atomic E-state index is 0.167. The van der Waals surface area contributed by atoms with Crippen LogP contribution < -0.4 is 10.7 Å². The number of hydrazone groups is 1. The van der Waals surface area contributed by atoms with Crippen LogP contribution in [0.4, 0.5) is 0 Å². The summed E-state index contributed by atoms with van der Waals surface area (Å²) in [6, 6.07) is 6.54. The van der Waals surface area contributed by atoms with Gasteiger partial charge in [-0.2, -0.15) is 5.10 Å². The van der Waals surface area contributed by atoms with Crippen LogP contribution in [0.3, 0.4) is 0 Å². The minimum Gasteiger partial charge on any atom is -0.350 e. The van der Waals surface area contributed by atoms with Crippen LogP contribution in [0.25, 0.3) is 0 Å². The fraction of sp³-hybridized carbons (Fsp3) is 0.385. The van der Waals surface area contributed by atoms with Crippen molar-refractivity contribution in [2.24, 2.45) is 5.10 Å². The number of benzene rings is 1. The van der Waals surface area contributed by atoms with E-state index in [1.54, 1.807) is 31.3 Å². The van der Waals surface area contributed by atoms with Crippen LogP contribution in [0, 0.1) is 0 Å². The van der Waals surface area contributed by atoms with Crippen molar-refractivity contribution in [2.45, 2.75) is 30.3 Å². The molecule has 1 amide bonds. The fourth-order valence-corrected chi connectivity index (χ4v) is 2.56. The highest BCUT2D eigenvalue weighted by molar-refractivity contribution is 7.90. The zero-order valence-corrected chi connectivity index (χ0v) is 12.2. The van der Waals surface area contributed by atoms with E-state index in [2.05, 4.69) is 15.8 Å². The molecule has 0 radical (unpaired) electrons. The van der Waals surface area contributed by atoms with Gasteiger partial charge < -0.3 is 5.32 Å². The van der Waals surface area contributed by atoms with E-state index in [-0.39, 0.29) is 17.3 Å². The van der Waals surface area contributed by atoms with E-state index in [9.17, 15) is 13.2 Å². The molecule has 1 aromatic carbocycles. The van der Waals surface area contributed by atoms with E-state index < -0.39 is 15.4 Å². The first-order valence-corrected chi connectivity index (χ1v) is 8.06. The molecule has 0 aliphatic carbocycles. The number of hydrogen-bond donors (Lipinski definition) is 2. The van der Waals surface area contributed by atoms with Crippen LogP contribution in [0.5, 0.6) is 0 Å². The standard InChI is InChI=1S/C13H17N3O3S/c1-13(6-7-15-16-13)12(17)14-9-10-4-3-5-11(8-10)20(2,18)19/h3-5,7-8,16H,6,9H2,1-2H3,(H,14,17). The molecule has 1 aromatic rings. The first kappa shape index (κ1) is 14.5. The summed E-state index contributed by atoms with van der Waals surface area (Å²) in [5, 5.41) is 6.63. The van der Waals surface area contributed by atoms with Crippen LogP contribution in [0.2, 0.25) is 0 Å². The smallest absolute Gasteiger partial charge is 0.247 e. The van der Waals surface area contributed by atoms with Crippen LogP contribution in [0.1, 0.15) is 18.9 Å². The molecule has 1 atom stereocenters. The van der Waals surface area contributed by atoms with Gasteiger partial charge >= 0.3 is 0 Å². The van der Waals surface area contributed by atoms with Gasteiger partial charge in [0.25, 0.3) is 0 Å². The van der Waals surface area contributed by atoms with E-state index >= 15 is 0 Å². The molecule has 1 heterocycles. The van der Waals surface area contributed by atoms with E-state index in [1.807, 2.05) is 0 Å². The molecule has 0 bridgehead atoms. The van der Waals surface area contributed by atoms with Crippen LogP contribution in [0.15, 0.2) is 34.3 Å². The van der Waals surface area contributed by atoms with E-state index in [0.717, 1.165) is 11.8 Å². The van der Waals surface area contributed by atoms with Gasteiger partial charge in [-0.3, -0.25) is 10.2 Å². The number of rotatable bonds is 4. The molecule has 108 valence electrons. The third-order valence-corrected chi connectivity index (χ3v) is 4.29. The maximum Gasteiger partial charge on any atom is 0.247 e. The molecule has 0 fully saturated rings. The first-order valence-electron chi connectivity index (χ1n) is 6.17. The SMILES string of the molecule is CC1(C(=O)NCc2cccc(S(C)(=O)=O)c2)CC=NN1. The molecule has 2 rings (SSSR count). The molecule has 2 N–H and O–H groups in total. The highest BCUT2D eigenvalue weighted by atomic mass is 32.2. The molecule has 1 unspecified atom stereocenters. The van der Waals surface area contributed by atoms with Crippen LogP contribution >= 0.6 is 0 Å². The number of carbonyl (C=O) groups excluding carboxylic acids is 1. The quantitative estimate of drug-likeness (QED) is 0.844. The van der Waals surface area contributed by atoms with Crippen molar-refractivity contribution in [3.05, 3.63) is 29.8 Å². The number of carbonyl (C=O) groups is 1. The maximum atomic E-state index is 12.1. The Labute approximate surface area is 118 Å². The topological polar surface area (TPSA) is 87.6 Å². The molecule has 0 aromatic heterocycles. The van der Waals surface area contributed by atoms with Gasteiger partial charge in [-0.15, -0.1) is 0 Å². The zero-order valence-electron chi connectivity index (χ0n) is 11.4. The first-order chi connectivity index (χ1) is 9.31. The number of nitrogens with zero attached hydrogens (tertiary/aromatic N) is 1. The van der Waals surface area contributed by atoms with Crippen molar-refractivity contribution in [1.29, 1.82) is 0 Å². The van der Waals surface area contributed by atoms with Crippen molar-refractivity contribution >= 4 is 22.0 Å². The van der Waals surface area contributed by atoms with Crippen molar-refractivity contribution < 1.29 is 13.2 Å². The lowest BCUT2D eigenvalue weighted by molar-refractivity contribution is -0.126. The van der Waals surface area contributed by atoms with Gasteiger partial charge in [0.05, 0.1) is 4.90 Å². The summed E-state index contributed by atoms with van der Waals surface area (Å²) in [5.41, 5.74) is 2.78. The Morgan fingerprint density at radius 2 is 2.25 bits per heavy atom. The lowest BCUT2D eigenvalue weighted by atomic mass is 9.99. The van der Waals surface area contributed by atoms with Gasteiger partial charge in [-0.1, -0.05) is 12.1 Å². The summed E-state index contributed by atoms with van der Waals surface area (Å²) in [5.74, 6) is -0.167. The number of sulfone groups is 1. The third kappa shape index (κ3) is 3.16. The zero-order chi connectivity index (χ0) is 14.8. The Kier molecular flexibility index (Phi) is 3.80. The molecule has 6 nitrogen and oxygen atoms in total. The molecule has 0 saturated heterocycles. The van der Waals surface area contributed by atoms with Crippen LogP contribution in [-0.4, -0.2) is 32.3 Å². The Morgan fingerprint density at radius 3 is 2.85 bits per heavy atom. The Morgan fingerprint density at radius 1 is 1.50 bits per heavy atom. The van der Waals surface area contributed by atoms with Crippen molar-refractivity contribution in [2.75, 3.05) is 6.26 Å². The molecule has 0 saturated carbocycles. The van der Waals surface area contributed by atoms with Gasteiger partial charge in [0, 0.05) is 25.4 Å². The molecule has 7 heteroatoms. The molecular weight excluding hydrogens is 278 g/mol. The van der Waals surface area contributed by atoms with Crippen molar-refractivity contribution in [3.63, 3.8) is 0 Å². The Bertz CT molecular complexity index is 645. The molecule has 0 spiro atoms. The van der Waals surface area contributed by atoms with E-state index in [4.69, 9.17) is 0 Å². The van der Waals surface area contributed by atoms with Gasteiger partial charge in [-0.05, 0) is 24.6 Å². The number of nitrogens with one attached hydrogen (secondary N) is 2. The summed E-state index contributed by atoms with van der Waals surface area (Å²) in [7, 11) is -3.24. The molecule has 1 aliphatic rings. The normalized spacial score (nSPS) is 21.5. The second-order valence-electron chi connectivity index (χ2n) is 5.06. The predicted molar refractivity (Wildman–Crippen MR) is 76.0 cm³/mol. The van der Waals surface area contributed by atoms with E-state index in [1.165, 1.54) is 6.07 Å². The maximum absolute atomic E-state index is 12.1. The van der Waals surface area contributed by atoms with Gasteiger partial charge in [0.1, 0.15) is 5.54 Å². The Hall–Kier alpha value is -1.89. The van der Waals surface area contributed by atoms with Gasteiger partial charge in [0.2, 0.25) is 5.91 Å². The van der Waals surface area contributed by atoms with Crippen LogP contribution in [-0.2, 0) is 21.2 Å². The highest BCUT2D eigenvalue weighted by Gasteiger charge is 2.34. The second kappa shape index (κ2) is 5.24. The lowest BCUT2D eigenvalue weighted by Gasteiger charge is -2.22. The summed E-state index contributed by atoms with van der Waals surface area (Å²) >= 11 is 0. The average molecular weight is 295 g/mol. The van der Waals surface area contributed by atoms with Gasteiger partial charge in [0.15, 0.2) is 9.84 Å². The minimum atomic E-state index is -3.24. The number of amides is 1. The van der Waals surface area contributed by atoms with E-state index in [0.29, 0.717) is 6.42 Å². The molecule has 20 heavy (non-hydrogen) atoms. The summed E-state index contributed by atoms with van der Waals surface area (Å²) in [4.78, 5) is 12.3. The summed E-state index contributed by atoms with van der Waals surface area (Å²) < 4.78 is 22.9. The Balaban J connectivity index is 2.03. The summed E-state index contributed by atoms with van der Waals surface area (Å²) in [6.07, 6.45) is 3.34. The summed E-state index contributed by atoms with van der Waals surface area (Å²) in [6.45, 7) is 2.04. The lowest BCUT2D eigenvalue weighted by Crippen LogP contribution is -2.50. The second-order valence-corrected chi connectivity index (χ2v) is 7.08. The fourth-order valence-electron chi connectivity index (χ4n) is 1.87. The van der Waals surface area contributed by atoms with Crippen molar-refractivity contribution in [1.82, 2.24) is 10.7 Å².